The maximum absolute atomic E-state index is 12.0. The number of carbonyl (C=O) groups excluding carboxylic acids is 1. The van der Waals surface area contributed by atoms with Gasteiger partial charge in [0, 0.05) is 18.1 Å². The van der Waals surface area contributed by atoms with Crippen LogP contribution in [0.2, 0.25) is 0 Å². The van der Waals surface area contributed by atoms with Crippen molar-refractivity contribution in [1.82, 2.24) is 9.62 Å². The SMILES string of the molecule is CCN(C)C(=O)CNS(=O)(=O)c1cc(Br)ccc1N. The van der Waals surface area contributed by atoms with Crippen LogP contribution in [0.15, 0.2) is 27.6 Å². The molecule has 0 saturated heterocycles. The number of benzene rings is 1. The zero-order chi connectivity index (χ0) is 14.6. The van der Waals surface area contributed by atoms with Crippen molar-refractivity contribution in [1.29, 1.82) is 0 Å². The maximum atomic E-state index is 12.0. The highest BCUT2D eigenvalue weighted by Gasteiger charge is 2.19. The second-order valence-electron chi connectivity index (χ2n) is 3.91. The number of hydrogen-bond acceptors (Lipinski definition) is 4. The van der Waals surface area contributed by atoms with Crippen molar-refractivity contribution in [2.75, 3.05) is 25.9 Å². The van der Waals surface area contributed by atoms with Crippen LogP contribution in [0.1, 0.15) is 6.92 Å². The van der Waals surface area contributed by atoms with Gasteiger partial charge in [0.05, 0.1) is 12.2 Å². The third-order valence-corrected chi connectivity index (χ3v) is 4.53. The minimum absolute atomic E-state index is 0.0474. The average Bonchev–Trinajstić information content (AvgIpc) is 2.37. The van der Waals surface area contributed by atoms with E-state index in [-0.39, 0.29) is 23.0 Å². The molecular formula is C11H16BrN3O3S. The minimum atomic E-state index is -3.80. The molecule has 6 nitrogen and oxygen atoms in total. The number of nitrogen functional groups attached to an aromatic ring is 1. The van der Waals surface area contributed by atoms with Crippen LogP contribution in [0.25, 0.3) is 0 Å². The Kier molecular flexibility index (Phi) is 5.33. The monoisotopic (exact) mass is 349 g/mol. The number of nitrogens with one attached hydrogen (secondary N) is 1. The predicted molar refractivity (Wildman–Crippen MR) is 77.1 cm³/mol. The Labute approximate surface area is 121 Å². The second kappa shape index (κ2) is 6.36. The number of rotatable bonds is 5. The lowest BCUT2D eigenvalue weighted by Crippen LogP contribution is -2.38. The summed E-state index contributed by atoms with van der Waals surface area (Å²) in [5, 5.41) is 0. The van der Waals surface area contributed by atoms with Gasteiger partial charge in [-0.2, -0.15) is 0 Å². The molecule has 8 heteroatoms. The van der Waals surface area contributed by atoms with E-state index >= 15 is 0 Å². The van der Waals surface area contributed by atoms with Gasteiger partial charge in [0.2, 0.25) is 15.9 Å². The van der Waals surface area contributed by atoms with Gasteiger partial charge in [0.1, 0.15) is 4.90 Å². The third kappa shape index (κ3) is 4.19. The molecule has 0 aliphatic carbocycles. The summed E-state index contributed by atoms with van der Waals surface area (Å²) in [6.45, 7) is 2.02. The van der Waals surface area contributed by atoms with E-state index in [9.17, 15) is 13.2 Å². The molecule has 0 unspecified atom stereocenters. The lowest BCUT2D eigenvalue weighted by Gasteiger charge is -2.15. The quantitative estimate of drug-likeness (QED) is 0.768. The lowest BCUT2D eigenvalue weighted by atomic mass is 10.3. The number of carbonyl (C=O) groups is 1. The van der Waals surface area contributed by atoms with Gasteiger partial charge in [0.15, 0.2) is 0 Å². The van der Waals surface area contributed by atoms with Gasteiger partial charge >= 0.3 is 0 Å². The number of likely N-dealkylation sites (N-methyl/N-ethyl adjacent to an activating group) is 1. The Morgan fingerprint density at radius 3 is 2.68 bits per heavy atom. The topological polar surface area (TPSA) is 92.5 Å². The van der Waals surface area contributed by atoms with E-state index in [1.807, 2.05) is 0 Å². The molecule has 19 heavy (non-hydrogen) atoms. The molecule has 0 bridgehead atoms. The van der Waals surface area contributed by atoms with Gasteiger partial charge in [0.25, 0.3) is 0 Å². The molecular weight excluding hydrogens is 334 g/mol. The standard InChI is InChI=1S/C11H16BrN3O3S/c1-3-15(2)11(16)7-14-19(17,18)10-6-8(12)4-5-9(10)13/h4-6,14H,3,7,13H2,1-2H3. The third-order valence-electron chi connectivity index (χ3n) is 2.58. The van der Waals surface area contributed by atoms with Gasteiger partial charge in [-0.15, -0.1) is 0 Å². The van der Waals surface area contributed by atoms with Gasteiger partial charge in [-0.25, -0.2) is 13.1 Å². The van der Waals surface area contributed by atoms with Crippen LogP contribution < -0.4 is 10.5 Å². The summed E-state index contributed by atoms with van der Waals surface area (Å²) in [6, 6.07) is 4.52. The lowest BCUT2D eigenvalue weighted by molar-refractivity contribution is -0.128. The maximum Gasteiger partial charge on any atom is 0.243 e. The predicted octanol–water partition coefficient (Wildman–Crippen LogP) is 0.788. The fourth-order valence-electron chi connectivity index (χ4n) is 1.29. The summed E-state index contributed by atoms with van der Waals surface area (Å²) < 4.78 is 26.9. The molecule has 0 aliphatic heterocycles. The van der Waals surface area contributed by atoms with E-state index < -0.39 is 10.0 Å². The summed E-state index contributed by atoms with van der Waals surface area (Å²) in [5.74, 6) is -0.306. The molecule has 0 fully saturated rings. The highest BCUT2D eigenvalue weighted by Crippen LogP contribution is 2.22. The van der Waals surface area contributed by atoms with Crippen LogP contribution >= 0.6 is 15.9 Å². The number of nitrogens with two attached hydrogens (primary N) is 1. The fourth-order valence-corrected chi connectivity index (χ4v) is 2.93. The number of nitrogens with zero attached hydrogens (tertiary/aromatic N) is 1. The van der Waals surface area contributed by atoms with Gasteiger partial charge < -0.3 is 10.6 Å². The normalized spacial score (nSPS) is 11.3. The van der Waals surface area contributed by atoms with Crippen molar-refractivity contribution in [2.24, 2.45) is 0 Å². The molecule has 1 aromatic rings. The van der Waals surface area contributed by atoms with Crippen molar-refractivity contribution < 1.29 is 13.2 Å². The Balaban J connectivity index is 2.88. The summed E-state index contributed by atoms with van der Waals surface area (Å²) >= 11 is 3.18. The first kappa shape index (κ1) is 15.9. The molecule has 0 atom stereocenters. The summed E-state index contributed by atoms with van der Waals surface area (Å²) in [4.78, 5) is 12.9. The largest absolute Gasteiger partial charge is 0.398 e. The zero-order valence-corrected chi connectivity index (χ0v) is 13.1. The van der Waals surface area contributed by atoms with Crippen LogP contribution in [0.5, 0.6) is 0 Å². The van der Waals surface area contributed by atoms with Crippen molar-refractivity contribution >= 4 is 37.5 Å². The molecule has 1 amide bonds. The molecule has 0 heterocycles. The first-order chi connectivity index (χ1) is 8.77. The summed E-state index contributed by atoms with van der Waals surface area (Å²) in [5.41, 5.74) is 5.76. The molecule has 0 aliphatic rings. The van der Waals surface area contributed by atoms with Crippen LogP contribution in [0, 0.1) is 0 Å². The molecule has 106 valence electrons. The Hall–Kier alpha value is -1.12. The van der Waals surface area contributed by atoms with Crippen molar-refractivity contribution in [2.45, 2.75) is 11.8 Å². The molecule has 1 aromatic carbocycles. The van der Waals surface area contributed by atoms with Crippen molar-refractivity contribution in [3.8, 4) is 0 Å². The number of hydrogen-bond donors (Lipinski definition) is 2. The van der Waals surface area contributed by atoms with E-state index in [0.29, 0.717) is 11.0 Å². The minimum Gasteiger partial charge on any atom is -0.398 e. The highest BCUT2D eigenvalue weighted by molar-refractivity contribution is 9.10. The number of amides is 1. The molecule has 0 aromatic heterocycles. The number of sulfonamides is 1. The van der Waals surface area contributed by atoms with E-state index in [1.165, 1.54) is 17.0 Å². The number of halogens is 1. The molecule has 1 rings (SSSR count). The van der Waals surface area contributed by atoms with E-state index in [4.69, 9.17) is 5.73 Å². The summed E-state index contributed by atoms with van der Waals surface area (Å²) in [6.07, 6.45) is 0. The van der Waals surface area contributed by atoms with Crippen LogP contribution in [-0.4, -0.2) is 39.4 Å². The fraction of sp³-hybridized carbons (Fsp3) is 0.364. The van der Waals surface area contributed by atoms with Crippen LogP contribution in [0.4, 0.5) is 5.69 Å². The Morgan fingerprint density at radius 2 is 2.11 bits per heavy atom. The van der Waals surface area contributed by atoms with Gasteiger partial charge in [-0.1, -0.05) is 15.9 Å². The molecule has 0 saturated carbocycles. The van der Waals surface area contributed by atoms with E-state index in [1.54, 1.807) is 20.0 Å². The molecule has 0 spiro atoms. The van der Waals surface area contributed by atoms with Crippen LogP contribution in [-0.2, 0) is 14.8 Å². The van der Waals surface area contributed by atoms with Crippen molar-refractivity contribution in [3.63, 3.8) is 0 Å². The Bertz CT molecular complexity index is 575. The molecule has 3 N–H and O–H groups in total. The van der Waals surface area contributed by atoms with E-state index in [2.05, 4.69) is 20.7 Å². The first-order valence-corrected chi connectivity index (χ1v) is 7.84. The smallest absolute Gasteiger partial charge is 0.243 e. The average molecular weight is 350 g/mol. The number of anilines is 1. The highest BCUT2D eigenvalue weighted by atomic mass is 79.9. The summed E-state index contributed by atoms with van der Waals surface area (Å²) in [7, 11) is -2.20. The van der Waals surface area contributed by atoms with E-state index in [0.717, 1.165) is 0 Å². The Morgan fingerprint density at radius 1 is 1.47 bits per heavy atom. The van der Waals surface area contributed by atoms with Gasteiger partial charge in [-0.3, -0.25) is 4.79 Å². The molecule has 0 radical (unpaired) electrons. The van der Waals surface area contributed by atoms with Crippen LogP contribution in [0.3, 0.4) is 0 Å². The second-order valence-corrected chi connectivity index (χ2v) is 6.57. The first-order valence-electron chi connectivity index (χ1n) is 5.56. The van der Waals surface area contributed by atoms with Crippen molar-refractivity contribution in [3.05, 3.63) is 22.7 Å². The van der Waals surface area contributed by atoms with Gasteiger partial charge in [-0.05, 0) is 25.1 Å². The zero-order valence-electron chi connectivity index (χ0n) is 10.7.